The maximum absolute atomic E-state index is 12.6. The van der Waals surface area contributed by atoms with Crippen LogP contribution in [0.2, 0.25) is 0 Å². The van der Waals surface area contributed by atoms with Crippen molar-refractivity contribution in [3.05, 3.63) is 24.2 Å². The third kappa shape index (κ3) is 3.02. The number of hydrogen-bond donors (Lipinski definition) is 0. The highest BCUT2D eigenvalue weighted by Crippen LogP contribution is 2.32. The first-order valence-corrected chi connectivity index (χ1v) is 7.78. The molecule has 0 spiro atoms. The molecule has 0 radical (unpaired) electrons. The van der Waals surface area contributed by atoms with Gasteiger partial charge in [-0.25, -0.2) is 0 Å². The van der Waals surface area contributed by atoms with Crippen molar-refractivity contribution in [3.8, 4) is 0 Å². The van der Waals surface area contributed by atoms with E-state index < -0.39 is 0 Å². The van der Waals surface area contributed by atoms with Gasteiger partial charge < -0.3 is 14.2 Å². The molecule has 2 amide bonds. The molecule has 3 heterocycles. The fourth-order valence-electron chi connectivity index (χ4n) is 3.41. The standard InChI is InChI=1S/C16H23N3O3/c1-17(2)15(20)11-19-6-5-12-8-18(10-14(12)16(19)21)9-13-4-3-7-22-13/h3-4,7,12,14H,5-6,8-11H2,1-2H3/t12-,14-/m1/s1. The molecule has 1 aromatic heterocycles. The molecule has 2 aliphatic rings. The molecule has 2 aliphatic heterocycles. The van der Waals surface area contributed by atoms with Gasteiger partial charge in [-0.15, -0.1) is 0 Å². The lowest BCUT2D eigenvalue weighted by atomic mass is 9.88. The van der Waals surface area contributed by atoms with E-state index in [1.165, 1.54) is 4.90 Å². The largest absolute Gasteiger partial charge is 0.468 e. The normalized spacial score (nSPS) is 25.4. The van der Waals surface area contributed by atoms with Crippen molar-refractivity contribution < 1.29 is 14.0 Å². The van der Waals surface area contributed by atoms with Crippen LogP contribution in [0.3, 0.4) is 0 Å². The lowest BCUT2D eigenvalue weighted by Gasteiger charge is -2.34. The van der Waals surface area contributed by atoms with Crippen LogP contribution in [-0.2, 0) is 16.1 Å². The average Bonchev–Trinajstić information content (AvgIpc) is 3.11. The first-order valence-electron chi connectivity index (χ1n) is 7.78. The van der Waals surface area contributed by atoms with Gasteiger partial charge in [0, 0.05) is 33.7 Å². The van der Waals surface area contributed by atoms with Gasteiger partial charge in [-0.3, -0.25) is 14.5 Å². The van der Waals surface area contributed by atoms with E-state index in [1.54, 1.807) is 25.3 Å². The van der Waals surface area contributed by atoms with Crippen LogP contribution in [0.1, 0.15) is 12.2 Å². The van der Waals surface area contributed by atoms with E-state index in [4.69, 9.17) is 4.42 Å². The number of carbonyl (C=O) groups is 2. The zero-order valence-corrected chi connectivity index (χ0v) is 13.2. The molecule has 3 rings (SSSR count). The number of amides is 2. The Kier molecular flexibility index (Phi) is 4.20. The topological polar surface area (TPSA) is 57.0 Å². The van der Waals surface area contributed by atoms with Crippen molar-refractivity contribution in [1.29, 1.82) is 0 Å². The van der Waals surface area contributed by atoms with Crippen LogP contribution < -0.4 is 0 Å². The minimum absolute atomic E-state index is 0.0164. The number of likely N-dealkylation sites (tertiary alicyclic amines) is 2. The van der Waals surface area contributed by atoms with Crippen LogP contribution in [0, 0.1) is 11.8 Å². The van der Waals surface area contributed by atoms with Crippen LogP contribution >= 0.6 is 0 Å². The summed E-state index contributed by atoms with van der Waals surface area (Å²) in [6.07, 6.45) is 2.66. The minimum atomic E-state index is -0.0164. The number of furan rings is 1. The highest BCUT2D eigenvalue weighted by atomic mass is 16.3. The smallest absolute Gasteiger partial charge is 0.241 e. The molecule has 120 valence electrons. The number of fused-ring (bicyclic) bond motifs is 1. The number of likely N-dealkylation sites (N-methyl/N-ethyl adjacent to an activating group) is 1. The van der Waals surface area contributed by atoms with Gasteiger partial charge in [-0.2, -0.15) is 0 Å². The van der Waals surface area contributed by atoms with E-state index in [9.17, 15) is 9.59 Å². The van der Waals surface area contributed by atoms with Crippen molar-refractivity contribution >= 4 is 11.8 Å². The zero-order chi connectivity index (χ0) is 15.7. The second-order valence-corrected chi connectivity index (χ2v) is 6.48. The van der Waals surface area contributed by atoms with Crippen molar-refractivity contribution in [1.82, 2.24) is 14.7 Å². The van der Waals surface area contributed by atoms with Gasteiger partial charge in [-0.05, 0) is 24.5 Å². The first-order chi connectivity index (χ1) is 10.5. The van der Waals surface area contributed by atoms with Gasteiger partial charge >= 0.3 is 0 Å². The van der Waals surface area contributed by atoms with Gasteiger partial charge in [0.25, 0.3) is 0 Å². The van der Waals surface area contributed by atoms with Gasteiger partial charge in [0.15, 0.2) is 0 Å². The number of rotatable bonds is 4. The molecule has 6 heteroatoms. The van der Waals surface area contributed by atoms with Crippen LogP contribution in [0.5, 0.6) is 0 Å². The summed E-state index contributed by atoms with van der Waals surface area (Å²) in [6.45, 7) is 3.34. The Morgan fingerprint density at radius 2 is 2.23 bits per heavy atom. The molecule has 2 atom stereocenters. The molecule has 22 heavy (non-hydrogen) atoms. The molecule has 6 nitrogen and oxygen atoms in total. The lowest BCUT2D eigenvalue weighted by Crippen LogP contribution is -2.49. The molecular formula is C16H23N3O3. The summed E-state index contributed by atoms with van der Waals surface area (Å²) in [6, 6.07) is 3.85. The fourth-order valence-corrected chi connectivity index (χ4v) is 3.41. The average molecular weight is 305 g/mol. The zero-order valence-electron chi connectivity index (χ0n) is 13.2. The van der Waals surface area contributed by atoms with Crippen molar-refractivity contribution in [2.24, 2.45) is 11.8 Å². The Hall–Kier alpha value is -1.82. The number of nitrogens with zero attached hydrogens (tertiary/aromatic N) is 3. The predicted octanol–water partition coefficient (Wildman–Crippen LogP) is 0.648. The molecule has 1 aromatic rings. The molecule has 0 aliphatic carbocycles. The van der Waals surface area contributed by atoms with Crippen molar-refractivity contribution in [2.45, 2.75) is 13.0 Å². The Morgan fingerprint density at radius 1 is 1.41 bits per heavy atom. The second-order valence-electron chi connectivity index (χ2n) is 6.48. The minimum Gasteiger partial charge on any atom is -0.468 e. The summed E-state index contributed by atoms with van der Waals surface area (Å²) in [5.41, 5.74) is 0. The summed E-state index contributed by atoms with van der Waals surface area (Å²) >= 11 is 0. The monoisotopic (exact) mass is 305 g/mol. The SMILES string of the molecule is CN(C)C(=O)CN1CC[C@@H]2CN(Cc3ccco3)C[C@H]2C1=O. The Morgan fingerprint density at radius 3 is 2.91 bits per heavy atom. The Balaban J connectivity index is 1.60. The summed E-state index contributed by atoms with van der Waals surface area (Å²) in [5.74, 6) is 1.49. The second kappa shape index (κ2) is 6.12. The number of hydrogen-bond acceptors (Lipinski definition) is 4. The maximum Gasteiger partial charge on any atom is 0.241 e. The van der Waals surface area contributed by atoms with E-state index in [2.05, 4.69) is 4.90 Å². The van der Waals surface area contributed by atoms with Gasteiger partial charge in [-0.1, -0.05) is 0 Å². The molecule has 0 unspecified atom stereocenters. The molecule has 0 bridgehead atoms. The summed E-state index contributed by atoms with van der Waals surface area (Å²) < 4.78 is 5.39. The maximum atomic E-state index is 12.6. The van der Waals surface area contributed by atoms with Crippen molar-refractivity contribution in [2.75, 3.05) is 40.3 Å². The summed E-state index contributed by atoms with van der Waals surface area (Å²) in [7, 11) is 3.44. The highest BCUT2D eigenvalue weighted by Gasteiger charge is 2.43. The molecule has 2 saturated heterocycles. The van der Waals surface area contributed by atoms with Crippen molar-refractivity contribution in [3.63, 3.8) is 0 Å². The van der Waals surface area contributed by atoms with Gasteiger partial charge in [0.2, 0.25) is 11.8 Å². The van der Waals surface area contributed by atoms with E-state index >= 15 is 0 Å². The molecule has 0 saturated carbocycles. The van der Waals surface area contributed by atoms with Crippen LogP contribution in [-0.4, -0.2) is 66.8 Å². The van der Waals surface area contributed by atoms with E-state index in [0.717, 1.165) is 31.8 Å². The molecule has 0 aromatic carbocycles. The van der Waals surface area contributed by atoms with Gasteiger partial charge in [0.05, 0.1) is 25.3 Å². The fraction of sp³-hybridized carbons (Fsp3) is 0.625. The number of piperidine rings is 1. The predicted molar refractivity (Wildman–Crippen MR) is 80.9 cm³/mol. The van der Waals surface area contributed by atoms with Crippen LogP contribution in [0.15, 0.2) is 22.8 Å². The van der Waals surface area contributed by atoms with E-state index in [0.29, 0.717) is 12.5 Å². The quantitative estimate of drug-likeness (QED) is 0.819. The first kappa shape index (κ1) is 15.1. The molecule has 0 N–H and O–H groups in total. The Labute approximate surface area is 130 Å². The van der Waals surface area contributed by atoms with E-state index in [1.807, 2.05) is 12.1 Å². The number of carbonyl (C=O) groups excluding carboxylic acids is 2. The molecule has 2 fully saturated rings. The summed E-state index contributed by atoms with van der Waals surface area (Å²) in [4.78, 5) is 30.0. The summed E-state index contributed by atoms with van der Waals surface area (Å²) in [5, 5.41) is 0. The van der Waals surface area contributed by atoms with Crippen LogP contribution in [0.25, 0.3) is 0 Å². The highest BCUT2D eigenvalue weighted by molar-refractivity contribution is 5.86. The lowest BCUT2D eigenvalue weighted by molar-refractivity contribution is -0.145. The Bertz CT molecular complexity index is 541. The third-order valence-corrected chi connectivity index (χ3v) is 4.70. The van der Waals surface area contributed by atoms with E-state index in [-0.39, 0.29) is 24.3 Å². The third-order valence-electron chi connectivity index (χ3n) is 4.70. The van der Waals surface area contributed by atoms with Crippen LogP contribution in [0.4, 0.5) is 0 Å². The molecular weight excluding hydrogens is 282 g/mol. The van der Waals surface area contributed by atoms with Gasteiger partial charge in [0.1, 0.15) is 5.76 Å².